The maximum Gasteiger partial charge on any atom is 0.328 e. The number of anilines is 4. The van der Waals surface area contributed by atoms with Crippen molar-refractivity contribution in [3.8, 4) is 11.5 Å². The lowest BCUT2D eigenvalue weighted by Crippen LogP contribution is -2.24. The van der Waals surface area contributed by atoms with Crippen LogP contribution < -0.4 is 52.4 Å². The zero-order chi connectivity index (χ0) is 59.6. The SMILES string of the molecule is COc1ccc(NC(=O)c2ccc(C(N)=[N+](C)C)cc2)c(C(=O)Nc2ccc(Cl)cn2)c1.COc1ccc(NC(=O)c2ccc(C(N)=[N+](C)C)cc2)c(C(=O)Nc2ccc(Cl)cn2)c1.O=C([O-])/C=C\C(=O)O.O=C([O-])/C=C\C(=O)O. The highest BCUT2D eigenvalue weighted by atomic mass is 35.5. The number of aliphatic carboxylic acids is 4. The zero-order valence-electron chi connectivity index (χ0n) is 43.3. The molecule has 0 saturated heterocycles. The second kappa shape index (κ2) is 31.6. The molecule has 0 aliphatic rings. The number of hydrogen-bond acceptors (Lipinski definition) is 14. The Morgan fingerprint density at radius 1 is 0.487 bits per heavy atom. The number of nitrogens with two attached hydrogens (primary N) is 2. The van der Waals surface area contributed by atoms with Gasteiger partial charge in [0.25, 0.3) is 35.3 Å². The first-order valence-electron chi connectivity index (χ1n) is 22.7. The van der Waals surface area contributed by atoms with Crippen LogP contribution in [0, 0.1) is 0 Å². The van der Waals surface area contributed by atoms with E-state index in [2.05, 4.69) is 31.2 Å². The Morgan fingerprint density at radius 2 is 0.812 bits per heavy atom. The number of ether oxygens (including phenoxy) is 2. The molecule has 0 fully saturated rings. The molecule has 4 aromatic carbocycles. The number of carbonyl (C=O) groups excluding carboxylic acids is 6. The van der Waals surface area contributed by atoms with E-state index < -0.39 is 35.7 Å². The van der Waals surface area contributed by atoms with Gasteiger partial charge >= 0.3 is 11.9 Å². The van der Waals surface area contributed by atoms with Crippen molar-refractivity contribution < 1.29 is 77.4 Å². The first-order valence-corrected chi connectivity index (χ1v) is 23.5. The molecule has 0 bridgehead atoms. The third-order valence-corrected chi connectivity index (χ3v) is 10.4. The van der Waals surface area contributed by atoms with E-state index in [1.165, 1.54) is 38.7 Å². The fourth-order valence-corrected chi connectivity index (χ4v) is 6.15. The van der Waals surface area contributed by atoms with Gasteiger partial charge in [-0.2, -0.15) is 0 Å². The summed E-state index contributed by atoms with van der Waals surface area (Å²) in [5, 5.41) is 46.3. The van der Waals surface area contributed by atoms with Crippen LogP contribution in [0.5, 0.6) is 11.5 Å². The van der Waals surface area contributed by atoms with E-state index >= 15 is 0 Å². The summed E-state index contributed by atoms with van der Waals surface area (Å²) in [5.74, 6) is -4.52. The van der Waals surface area contributed by atoms with E-state index in [0.29, 0.717) is 91.7 Å². The number of benzene rings is 4. The zero-order valence-corrected chi connectivity index (χ0v) is 44.9. The molecule has 0 spiro atoms. The van der Waals surface area contributed by atoms with Gasteiger partial charge < -0.3 is 60.8 Å². The molecule has 0 atom stereocenters. The molecule has 0 radical (unpaired) electrons. The number of amides is 4. The molecular weight excluding hydrogens is 1080 g/mol. The molecule has 0 aliphatic carbocycles. The smallest absolute Gasteiger partial charge is 0.328 e. The van der Waals surface area contributed by atoms with Crippen molar-refractivity contribution in [1.82, 2.24) is 9.97 Å². The Labute approximate surface area is 466 Å². The highest BCUT2D eigenvalue weighted by Gasteiger charge is 2.19. The van der Waals surface area contributed by atoms with Gasteiger partial charge in [0.05, 0.1) is 98.0 Å². The van der Waals surface area contributed by atoms with Gasteiger partial charge in [-0.3, -0.25) is 39.8 Å². The summed E-state index contributed by atoms with van der Waals surface area (Å²) in [6.45, 7) is 0. The largest absolute Gasteiger partial charge is 0.545 e. The lowest BCUT2D eigenvalue weighted by molar-refractivity contribution is -0.464. The molecule has 0 aliphatic heterocycles. The molecular formula is C54H52Cl2N10O14. The summed E-state index contributed by atoms with van der Waals surface area (Å²) >= 11 is 11.7. The maximum absolute atomic E-state index is 12.9. The monoisotopic (exact) mass is 1130 g/mol. The van der Waals surface area contributed by atoms with Gasteiger partial charge in [-0.25, -0.2) is 19.6 Å². The average molecular weight is 1140 g/mol. The summed E-state index contributed by atoms with van der Waals surface area (Å²) < 4.78 is 14.0. The number of methoxy groups -OCH3 is 2. The Kier molecular flexibility index (Phi) is 25.2. The quantitative estimate of drug-likeness (QED) is 0.0298. The number of carboxylic acids is 4. The van der Waals surface area contributed by atoms with Gasteiger partial charge in [0.1, 0.15) is 23.1 Å². The van der Waals surface area contributed by atoms with Crippen LogP contribution in [0.3, 0.4) is 0 Å². The van der Waals surface area contributed by atoms with Gasteiger partial charge in [0.15, 0.2) is 0 Å². The molecule has 26 heteroatoms. The summed E-state index contributed by atoms with van der Waals surface area (Å²) in [4.78, 5) is 97.4. The van der Waals surface area contributed by atoms with E-state index in [0.717, 1.165) is 11.1 Å². The Morgan fingerprint density at radius 3 is 1.06 bits per heavy atom. The van der Waals surface area contributed by atoms with Crippen molar-refractivity contribution in [1.29, 1.82) is 0 Å². The minimum absolute atomic E-state index is 0.219. The molecule has 0 unspecified atom stereocenters. The predicted molar refractivity (Wildman–Crippen MR) is 294 cm³/mol. The first-order chi connectivity index (χ1) is 37.8. The van der Waals surface area contributed by atoms with Crippen LogP contribution in [0.1, 0.15) is 52.6 Å². The highest BCUT2D eigenvalue weighted by Crippen LogP contribution is 2.26. The van der Waals surface area contributed by atoms with Gasteiger partial charge in [0, 0.05) is 35.7 Å². The molecule has 2 heterocycles. The molecule has 0 saturated carbocycles. The van der Waals surface area contributed by atoms with Crippen molar-refractivity contribution in [2.75, 3.05) is 63.7 Å². The normalized spacial score (nSPS) is 10.1. The predicted octanol–water partition coefficient (Wildman–Crippen LogP) is 3.21. The van der Waals surface area contributed by atoms with E-state index in [-0.39, 0.29) is 22.9 Å². The average Bonchev–Trinajstić information content (AvgIpc) is 3.43. The third kappa shape index (κ3) is 21.6. The second-order valence-electron chi connectivity index (χ2n) is 16.1. The van der Waals surface area contributed by atoms with Crippen molar-refractivity contribution in [3.05, 3.63) is 189 Å². The van der Waals surface area contributed by atoms with Crippen LogP contribution in [0.4, 0.5) is 23.0 Å². The number of aromatic nitrogens is 2. The number of halogens is 2. The van der Waals surface area contributed by atoms with E-state index in [9.17, 15) is 48.6 Å². The molecule has 24 nitrogen and oxygen atoms in total. The number of pyridine rings is 2. The molecule has 80 heavy (non-hydrogen) atoms. The highest BCUT2D eigenvalue weighted by molar-refractivity contribution is 6.30. The van der Waals surface area contributed by atoms with Gasteiger partial charge in [0.2, 0.25) is 0 Å². The standard InChI is InChI=1S/2C23H22ClN5O3.2C4H4O4/c2*1-29(2)21(25)14-4-6-15(7-5-14)22(30)27-19-10-9-17(32-3)12-18(19)23(31)28-20-11-8-16(24)13-26-20;2*5-3(6)1-2-4(7)8/h2*4-13,25H,1-3H3,(H2,26,27,28,30,31);2*1-2H,(H,5,6)(H,7,8)/b;;2*2-1-. The number of hydrogen-bond donors (Lipinski definition) is 8. The topological polar surface area (TPSA) is 374 Å². The number of amidine groups is 2. The molecule has 2 aromatic heterocycles. The van der Waals surface area contributed by atoms with Gasteiger partial charge in [-0.05, 0) is 121 Å². The Hall–Kier alpha value is -10.5. The van der Waals surface area contributed by atoms with Crippen LogP contribution in [-0.2, 0) is 19.2 Å². The minimum atomic E-state index is -1.51. The Bertz CT molecular complexity index is 3090. The maximum atomic E-state index is 12.9. The van der Waals surface area contributed by atoms with E-state index in [4.69, 9.17) is 54.4 Å². The number of nitrogens with one attached hydrogen (secondary N) is 4. The van der Waals surface area contributed by atoms with Crippen molar-refractivity contribution >= 4 is 105 Å². The first kappa shape index (κ1) is 63.8. The summed E-state index contributed by atoms with van der Waals surface area (Å²) in [5.41, 5.74) is 15.5. The number of rotatable bonds is 16. The van der Waals surface area contributed by atoms with Crippen LogP contribution in [-0.4, -0.2) is 131 Å². The van der Waals surface area contributed by atoms with Gasteiger partial charge in [-0.15, -0.1) is 0 Å². The van der Waals surface area contributed by atoms with Crippen molar-refractivity contribution in [2.45, 2.75) is 0 Å². The van der Waals surface area contributed by atoms with Crippen molar-refractivity contribution in [3.63, 3.8) is 0 Å². The fourth-order valence-electron chi connectivity index (χ4n) is 5.93. The van der Waals surface area contributed by atoms with Crippen LogP contribution in [0.15, 0.2) is 146 Å². The molecule has 6 aromatic rings. The van der Waals surface area contributed by atoms with E-state index in [1.807, 2.05) is 28.2 Å². The van der Waals surface area contributed by atoms with Crippen LogP contribution in [0.2, 0.25) is 10.0 Å². The van der Waals surface area contributed by atoms with Gasteiger partial charge in [-0.1, -0.05) is 23.2 Å². The van der Waals surface area contributed by atoms with Crippen molar-refractivity contribution in [2.24, 2.45) is 11.5 Å². The summed E-state index contributed by atoms with van der Waals surface area (Å²) in [6.07, 6.45) is 4.74. The van der Waals surface area contributed by atoms with Crippen LogP contribution in [0.25, 0.3) is 0 Å². The summed E-state index contributed by atoms with van der Waals surface area (Å²) in [7, 11) is 10.3. The lowest BCUT2D eigenvalue weighted by Gasteiger charge is -2.13. The number of nitrogens with zero attached hydrogens (tertiary/aromatic N) is 4. The summed E-state index contributed by atoms with van der Waals surface area (Å²) in [6, 6.07) is 29.7. The fraction of sp³-hybridized carbons (Fsp3) is 0.111. The molecule has 416 valence electrons. The molecule has 10 N–H and O–H groups in total. The molecule has 4 amide bonds. The third-order valence-electron chi connectivity index (χ3n) is 9.95. The van der Waals surface area contributed by atoms with Crippen LogP contribution >= 0.6 is 23.2 Å². The number of carboxylic acid groups (broad SMARTS) is 4. The second-order valence-corrected chi connectivity index (χ2v) is 16.9. The lowest BCUT2D eigenvalue weighted by atomic mass is 10.1. The molecule has 6 rings (SSSR count). The Balaban J connectivity index is 0.000000330. The van der Waals surface area contributed by atoms with E-state index in [1.54, 1.807) is 106 Å². The minimum Gasteiger partial charge on any atom is -0.545 e. The number of carbonyl (C=O) groups is 8.